The molecule has 0 radical (unpaired) electrons. The number of hydrogen-bond acceptors (Lipinski definition) is 4. The van der Waals surface area contributed by atoms with Crippen molar-refractivity contribution in [1.82, 2.24) is 9.88 Å². The van der Waals surface area contributed by atoms with Crippen molar-refractivity contribution in [3.8, 4) is 5.75 Å². The number of aliphatic hydroxyl groups is 1. The summed E-state index contributed by atoms with van der Waals surface area (Å²) in [5, 5.41) is 12.0. The van der Waals surface area contributed by atoms with E-state index in [1.54, 1.807) is 13.3 Å². The SMILES string of the molecule is COc1ccc2ncc(Cl)c(CCCC3(CO)CCN(CC4CCCC4)CC3)c2c1. The topological polar surface area (TPSA) is 45.6 Å². The van der Waals surface area contributed by atoms with Crippen LogP contribution in [0.1, 0.15) is 56.9 Å². The third-order valence-electron chi connectivity index (χ3n) is 7.51. The van der Waals surface area contributed by atoms with Gasteiger partial charge < -0.3 is 14.7 Å². The number of aromatic nitrogens is 1. The lowest BCUT2D eigenvalue weighted by Crippen LogP contribution is -2.43. The van der Waals surface area contributed by atoms with E-state index in [9.17, 15) is 5.11 Å². The van der Waals surface area contributed by atoms with E-state index in [1.807, 2.05) is 18.2 Å². The Balaban J connectivity index is 1.36. The zero-order valence-corrected chi connectivity index (χ0v) is 19.0. The number of aliphatic hydroxyl groups excluding tert-OH is 1. The van der Waals surface area contributed by atoms with Crippen molar-refractivity contribution in [3.05, 3.63) is 35.0 Å². The molecule has 0 amide bonds. The van der Waals surface area contributed by atoms with Gasteiger partial charge in [0.1, 0.15) is 5.75 Å². The van der Waals surface area contributed by atoms with Crippen molar-refractivity contribution >= 4 is 22.5 Å². The lowest BCUT2D eigenvalue weighted by atomic mass is 9.75. The van der Waals surface area contributed by atoms with Crippen LogP contribution in [0.2, 0.25) is 5.02 Å². The van der Waals surface area contributed by atoms with Crippen molar-refractivity contribution in [2.45, 2.75) is 57.8 Å². The molecule has 0 bridgehead atoms. The first-order valence-electron chi connectivity index (χ1n) is 11.6. The maximum absolute atomic E-state index is 10.2. The van der Waals surface area contributed by atoms with Crippen LogP contribution in [0.25, 0.3) is 10.9 Å². The van der Waals surface area contributed by atoms with Gasteiger partial charge in [-0.2, -0.15) is 0 Å². The molecule has 4 nitrogen and oxygen atoms in total. The summed E-state index contributed by atoms with van der Waals surface area (Å²) >= 11 is 6.53. The number of ether oxygens (including phenoxy) is 1. The third-order valence-corrected chi connectivity index (χ3v) is 7.84. The van der Waals surface area contributed by atoms with Crippen LogP contribution in [0.5, 0.6) is 5.75 Å². The van der Waals surface area contributed by atoms with E-state index in [1.165, 1.54) is 32.2 Å². The minimum Gasteiger partial charge on any atom is -0.497 e. The second kappa shape index (κ2) is 9.84. The quantitative estimate of drug-likeness (QED) is 0.601. The Labute approximate surface area is 185 Å². The molecular weight excluding hydrogens is 396 g/mol. The van der Waals surface area contributed by atoms with Crippen LogP contribution in [-0.4, -0.2) is 48.3 Å². The summed E-state index contributed by atoms with van der Waals surface area (Å²) in [7, 11) is 1.68. The Bertz CT molecular complexity index is 842. The zero-order chi connectivity index (χ0) is 21.0. The molecular formula is C25H35ClN2O2. The first kappa shape index (κ1) is 21.9. The number of halogens is 1. The van der Waals surface area contributed by atoms with E-state index in [-0.39, 0.29) is 5.41 Å². The largest absolute Gasteiger partial charge is 0.497 e. The zero-order valence-electron chi connectivity index (χ0n) is 18.2. The molecule has 1 aromatic heterocycles. The number of methoxy groups -OCH3 is 1. The maximum Gasteiger partial charge on any atom is 0.119 e. The first-order chi connectivity index (χ1) is 14.6. The molecule has 30 heavy (non-hydrogen) atoms. The molecule has 2 heterocycles. The molecule has 1 N–H and O–H groups in total. The van der Waals surface area contributed by atoms with Crippen LogP contribution >= 0.6 is 11.6 Å². The molecule has 1 saturated heterocycles. The number of benzene rings is 1. The van der Waals surface area contributed by atoms with Gasteiger partial charge in [0, 0.05) is 24.7 Å². The fourth-order valence-corrected chi connectivity index (χ4v) is 5.72. The van der Waals surface area contributed by atoms with Crippen LogP contribution in [0.4, 0.5) is 0 Å². The van der Waals surface area contributed by atoms with E-state index in [0.29, 0.717) is 6.61 Å². The molecule has 0 unspecified atom stereocenters. The standard InChI is InChI=1S/C25H35ClN2O2/c1-30-20-8-9-24-22(15-20)21(23(26)16-27-24)7-4-10-25(18-29)11-13-28(14-12-25)17-19-5-2-3-6-19/h8-9,15-16,19,29H,2-7,10-14,17-18H2,1H3. The molecule has 1 aromatic carbocycles. The number of nitrogens with zero attached hydrogens (tertiary/aromatic N) is 2. The average molecular weight is 431 g/mol. The number of piperidine rings is 1. The highest BCUT2D eigenvalue weighted by atomic mass is 35.5. The summed E-state index contributed by atoms with van der Waals surface area (Å²) < 4.78 is 5.40. The molecule has 2 aliphatic rings. The minimum absolute atomic E-state index is 0.0686. The highest BCUT2D eigenvalue weighted by molar-refractivity contribution is 6.32. The first-order valence-corrected chi connectivity index (χ1v) is 11.9. The number of aryl methyl sites for hydroxylation is 1. The third kappa shape index (κ3) is 4.92. The van der Waals surface area contributed by atoms with Gasteiger partial charge in [-0.3, -0.25) is 4.98 Å². The Morgan fingerprint density at radius 2 is 2.00 bits per heavy atom. The minimum atomic E-state index is 0.0686. The van der Waals surface area contributed by atoms with E-state index < -0.39 is 0 Å². The van der Waals surface area contributed by atoms with Crippen molar-refractivity contribution in [2.75, 3.05) is 33.4 Å². The summed E-state index contributed by atoms with van der Waals surface area (Å²) in [6.07, 6.45) is 12.6. The summed E-state index contributed by atoms with van der Waals surface area (Å²) in [6, 6.07) is 5.96. The number of pyridine rings is 1. The molecule has 4 rings (SSSR count). The van der Waals surface area contributed by atoms with Gasteiger partial charge in [0.25, 0.3) is 0 Å². The fraction of sp³-hybridized carbons (Fsp3) is 0.640. The van der Waals surface area contributed by atoms with Crippen molar-refractivity contribution in [2.24, 2.45) is 11.3 Å². The van der Waals surface area contributed by atoms with Gasteiger partial charge in [-0.05, 0) is 93.1 Å². The van der Waals surface area contributed by atoms with Gasteiger partial charge in [-0.15, -0.1) is 0 Å². The Hall–Kier alpha value is -1.36. The second-order valence-electron chi connectivity index (χ2n) is 9.43. The molecule has 0 spiro atoms. The predicted molar refractivity (Wildman–Crippen MR) is 123 cm³/mol. The summed E-state index contributed by atoms with van der Waals surface area (Å²) in [6.45, 7) is 3.82. The molecule has 1 aliphatic carbocycles. The van der Waals surface area contributed by atoms with Gasteiger partial charge in [0.2, 0.25) is 0 Å². The lowest BCUT2D eigenvalue weighted by Gasteiger charge is -2.41. The van der Waals surface area contributed by atoms with Crippen molar-refractivity contribution in [1.29, 1.82) is 0 Å². The van der Waals surface area contributed by atoms with Gasteiger partial charge in [0.05, 0.1) is 17.6 Å². The summed E-state index contributed by atoms with van der Waals surface area (Å²) in [4.78, 5) is 7.10. The number of rotatable bonds is 8. The Morgan fingerprint density at radius 1 is 1.23 bits per heavy atom. The number of hydrogen-bond donors (Lipinski definition) is 1. The van der Waals surface area contributed by atoms with Gasteiger partial charge in [-0.1, -0.05) is 24.4 Å². The monoisotopic (exact) mass is 430 g/mol. The number of fused-ring (bicyclic) bond motifs is 1. The molecule has 2 aromatic rings. The van der Waals surface area contributed by atoms with Crippen LogP contribution in [0, 0.1) is 11.3 Å². The highest BCUT2D eigenvalue weighted by Gasteiger charge is 2.34. The van der Waals surface area contributed by atoms with Gasteiger partial charge in [-0.25, -0.2) is 0 Å². The van der Waals surface area contributed by atoms with Crippen LogP contribution < -0.4 is 4.74 Å². The van der Waals surface area contributed by atoms with Crippen LogP contribution in [0.15, 0.2) is 24.4 Å². The Morgan fingerprint density at radius 3 is 2.70 bits per heavy atom. The normalized spacial score (nSPS) is 20.1. The predicted octanol–water partition coefficient (Wildman–Crippen LogP) is 5.48. The van der Waals surface area contributed by atoms with Crippen molar-refractivity contribution in [3.63, 3.8) is 0 Å². The second-order valence-corrected chi connectivity index (χ2v) is 9.84. The molecule has 164 valence electrons. The molecule has 5 heteroatoms. The summed E-state index contributed by atoms with van der Waals surface area (Å²) in [5.41, 5.74) is 2.17. The van der Waals surface area contributed by atoms with Gasteiger partial charge in [0.15, 0.2) is 0 Å². The molecule has 2 fully saturated rings. The molecule has 0 atom stereocenters. The smallest absolute Gasteiger partial charge is 0.119 e. The van der Waals surface area contributed by atoms with Crippen molar-refractivity contribution < 1.29 is 9.84 Å². The van der Waals surface area contributed by atoms with E-state index in [0.717, 1.165) is 78.4 Å². The molecule has 1 aliphatic heterocycles. The van der Waals surface area contributed by atoms with E-state index in [2.05, 4.69) is 9.88 Å². The van der Waals surface area contributed by atoms with Gasteiger partial charge >= 0.3 is 0 Å². The summed E-state index contributed by atoms with van der Waals surface area (Å²) in [5.74, 6) is 1.74. The van der Waals surface area contributed by atoms with E-state index in [4.69, 9.17) is 16.3 Å². The highest BCUT2D eigenvalue weighted by Crippen LogP contribution is 2.38. The number of likely N-dealkylation sites (tertiary alicyclic amines) is 1. The maximum atomic E-state index is 10.2. The average Bonchev–Trinajstić information content (AvgIpc) is 3.29. The fourth-order valence-electron chi connectivity index (χ4n) is 5.48. The van der Waals surface area contributed by atoms with Crippen LogP contribution in [-0.2, 0) is 6.42 Å². The van der Waals surface area contributed by atoms with Crippen LogP contribution in [0.3, 0.4) is 0 Å². The molecule has 1 saturated carbocycles. The van der Waals surface area contributed by atoms with E-state index >= 15 is 0 Å². The lowest BCUT2D eigenvalue weighted by molar-refractivity contribution is 0.0308. The Kier molecular flexibility index (Phi) is 7.17.